The third kappa shape index (κ3) is 2.13. The Morgan fingerprint density at radius 2 is 2.05 bits per heavy atom. The zero-order valence-electron chi connectivity index (χ0n) is 10.1. The number of nitrogen functional groups attached to an aromatic ring is 1. The van der Waals surface area contributed by atoms with Gasteiger partial charge in [0.25, 0.3) is 5.88 Å². The van der Waals surface area contributed by atoms with Gasteiger partial charge < -0.3 is 20.2 Å². The topological polar surface area (TPSA) is 98.9 Å². The molecule has 0 saturated carbocycles. The van der Waals surface area contributed by atoms with Crippen LogP contribution in [0, 0.1) is 0 Å². The van der Waals surface area contributed by atoms with Gasteiger partial charge in [-0.1, -0.05) is 6.07 Å². The summed E-state index contributed by atoms with van der Waals surface area (Å²) in [6.45, 7) is 0. The molecule has 3 rings (SSSR count). The Kier molecular flexibility index (Phi) is 2.64. The Morgan fingerprint density at radius 1 is 1.21 bits per heavy atom. The minimum Gasteiger partial charge on any atom is -0.497 e. The van der Waals surface area contributed by atoms with Crippen LogP contribution in [0.4, 0.5) is 5.95 Å². The lowest BCUT2D eigenvalue weighted by Crippen LogP contribution is -1.98. The summed E-state index contributed by atoms with van der Waals surface area (Å²) in [5.41, 5.74) is 6.67. The van der Waals surface area contributed by atoms with Crippen LogP contribution in [0.15, 0.2) is 30.6 Å². The van der Waals surface area contributed by atoms with E-state index in [0.29, 0.717) is 28.5 Å². The number of imidazole rings is 1. The molecule has 0 aliphatic heterocycles. The molecule has 0 saturated heterocycles. The molecule has 0 spiro atoms. The summed E-state index contributed by atoms with van der Waals surface area (Å²) < 4.78 is 10.8. The Labute approximate surface area is 108 Å². The summed E-state index contributed by atoms with van der Waals surface area (Å²) >= 11 is 0. The van der Waals surface area contributed by atoms with E-state index in [1.807, 2.05) is 12.1 Å². The zero-order chi connectivity index (χ0) is 13.2. The summed E-state index contributed by atoms with van der Waals surface area (Å²) in [4.78, 5) is 15.0. The molecule has 2 heterocycles. The fourth-order valence-corrected chi connectivity index (χ4v) is 1.67. The van der Waals surface area contributed by atoms with Gasteiger partial charge >= 0.3 is 0 Å². The molecule has 0 unspecified atom stereocenters. The van der Waals surface area contributed by atoms with Crippen LogP contribution in [-0.2, 0) is 0 Å². The van der Waals surface area contributed by atoms with Crippen LogP contribution in [0.1, 0.15) is 0 Å². The molecule has 1 aromatic carbocycles. The van der Waals surface area contributed by atoms with E-state index >= 15 is 0 Å². The smallest absolute Gasteiger partial charge is 0.250 e. The third-order valence-electron chi connectivity index (χ3n) is 2.53. The van der Waals surface area contributed by atoms with Gasteiger partial charge in [0.1, 0.15) is 17.0 Å². The van der Waals surface area contributed by atoms with Crippen molar-refractivity contribution in [3.63, 3.8) is 0 Å². The van der Waals surface area contributed by atoms with Crippen LogP contribution in [0.5, 0.6) is 17.4 Å². The first-order valence-electron chi connectivity index (χ1n) is 5.55. The predicted octanol–water partition coefficient (Wildman–Crippen LogP) is 1.74. The molecule has 0 amide bonds. The van der Waals surface area contributed by atoms with E-state index in [9.17, 15) is 0 Å². The quantitative estimate of drug-likeness (QED) is 0.741. The number of nitrogens with one attached hydrogen (secondary N) is 1. The van der Waals surface area contributed by atoms with Crippen LogP contribution in [-0.4, -0.2) is 27.0 Å². The first kappa shape index (κ1) is 11.3. The third-order valence-corrected chi connectivity index (χ3v) is 2.53. The number of rotatable bonds is 3. The van der Waals surface area contributed by atoms with Gasteiger partial charge in [-0.15, -0.1) is 0 Å². The lowest BCUT2D eigenvalue weighted by atomic mass is 10.3. The molecular formula is C12H11N5O2. The first-order chi connectivity index (χ1) is 9.26. The van der Waals surface area contributed by atoms with E-state index < -0.39 is 0 Å². The molecule has 0 bridgehead atoms. The second-order valence-electron chi connectivity index (χ2n) is 3.77. The van der Waals surface area contributed by atoms with Crippen molar-refractivity contribution in [3.8, 4) is 17.4 Å². The van der Waals surface area contributed by atoms with Crippen LogP contribution in [0.25, 0.3) is 11.2 Å². The molecule has 0 aliphatic rings. The van der Waals surface area contributed by atoms with Crippen molar-refractivity contribution in [1.82, 2.24) is 19.9 Å². The average Bonchev–Trinajstić information content (AvgIpc) is 2.87. The van der Waals surface area contributed by atoms with E-state index in [1.54, 1.807) is 19.2 Å². The van der Waals surface area contributed by atoms with Crippen LogP contribution in [0.3, 0.4) is 0 Å². The average molecular weight is 257 g/mol. The molecule has 7 heteroatoms. The fourth-order valence-electron chi connectivity index (χ4n) is 1.67. The van der Waals surface area contributed by atoms with Crippen molar-refractivity contribution in [3.05, 3.63) is 30.6 Å². The number of H-pyrrole nitrogens is 1. The van der Waals surface area contributed by atoms with Gasteiger partial charge in [0.2, 0.25) is 5.95 Å². The van der Waals surface area contributed by atoms with Crippen molar-refractivity contribution >= 4 is 17.1 Å². The highest BCUT2D eigenvalue weighted by atomic mass is 16.5. The number of anilines is 1. The number of aromatic nitrogens is 4. The predicted molar refractivity (Wildman–Crippen MR) is 69.2 cm³/mol. The molecule has 7 nitrogen and oxygen atoms in total. The van der Waals surface area contributed by atoms with Crippen molar-refractivity contribution in [2.24, 2.45) is 0 Å². The van der Waals surface area contributed by atoms with Crippen LogP contribution >= 0.6 is 0 Å². The van der Waals surface area contributed by atoms with Gasteiger partial charge in [-0.05, 0) is 12.1 Å². The molecule has 0 aliphatic carbocycles. The summed E-state index contributed by atoms with van der Waals surface area (Å²) in [7, 11) is 1.59. The maximum atomic E-state index is 5.69. The molecule has 0 radical (unpaired) electrons. The van der Waals surface area contributed by atoms with Crippen molar-refractivity contribution in [2.45, 2.75) is 0 Å². The minimum atomic E-state index is 0.109. The number of aromatic amines is 1. The van der Waals surface area contributed by atoms with Crippen molar-refractivity contribution in [1.29, 1.82) is 0 Å². The SMILES string of the molecule is COc1cccc(Oc2nc(N)nc3nc[nH]c23)c1. The van der Waals surface area contributed by atoms with Crippen molar-refractivity contribution < 1.29 is 9.47 Å². The second-order valence-corrected chi connectivity index (χ2v) is 3.77. The maximum Gasteiger partial charge on any atom is 0.250 e. The molecule has 2 aromatic heterocycles. The second kappa shape index (κ2) is 4.45. The number of hydrogen-bond donors (Lipinski definition) is 2. The Hall–Kier alpha value is -2.83. The van der Waals surface area contributed by atoms with Gasteiger partial charge in [-0.2, -0.15) is 9.97 Å². The molecule has 19 heavy (non-hydrogen) atoms. The summed E-state index contributed by atoms with van der Waals surface area (Å²) in [6.07, 6.45) is 1.51. The summed E-state index contributed by atoms with van der Waals surface area (Å²) in [5, 5.41) is 0. The summed E-state index contributed by atoms with van der Waals surface area (Å²) in [5.74, 6) is 1.72. The van der Waals surface area contributed by atoms with Gasteiger partial charge in [0, 0.05) is 6.07 Å². The minimum absolute atomic E-state index is 0.109. The van der Waals surface area contributed by atoms with Crippen molar-refractivity contribution in [2.75, 3.05) is 12.8 Å². The monoisotopic (exact) mass is 257 g/mol. The highest BCUT2D eigenvalue weighted by Gasteiger charge is 2.10. The standard InChI is InChI=1S/C12H11N5O2/c1-18-7-3-2-4-8(5-7)19-11-9-10(15-6-14-9)16-12(13)17-11/h2-6H,1H3,(H3,13,14,15,16,17). The Morgan fingerprint density at radius 3 is 2.89 bits per heavy atom. The van der Waals surface area contributed by atoms with Gasteiger partial charge in [-0.3, -0.25) is 0 Å². The molecule has 0 fully saturated rings. The first-order valence-corrected chi connectivity index (χ1v) is 5.55. The van der Waals surface area contributed by atoms with Gasteiger partial charge in [0.15, 0.2) is 5.65 Å². The van der Waals surface area contributed by atoms with E-state index in [4.69, 9.17) is 15.2 Å². The number of ether oxygens (including phenoxy) is 2. The number of nitrogens with zero attached hydrogens (tertiary/aromatic N) is 3. The largest absolute Gasteiger partial charge is 0.497 e. The van der Waals surface area contributed by atoms with Gasteiger partial charge in [0.05, 0.1) is 13.4 Å². The van der Waals surface area contributed by atoms with E-state index in [-0.39, 0.29) is 5.95 Å². The summed E-state index contributed by atoms with van der Waals surface area (Å²) in [6, 6.07) is 7.19. The number of hydrogen-bond acceptors (Lipinski definition) is 6. The lowest BCUT2D eigenvalue weighted by Gasteiger charge is -2.07. The lowest BCUT2D eigenvalue weighted by molar-refractivity contribution is 0.408. The zero-order valence-corrected chi connectivity index (χ0v) is 10.1. The van der Waals surface area contributed by atoms with Gasteiger partial charge in [-0.25, -0.2) is 4.98 Å². The van der Waals surface area contributed by atoms with E-state index in [2.05, 4.69) is 19.9 Å². The molecule has 3 aromatic rings. The highest BCUT2D eigenvalue weighted by Crippen LogP contribution is 2.27. The normalized spacial score (nSPS) is 10.6. The number of benzene rings is 1. The number of fused-ring (bicyclic) bond motifs is 1. The fraction of sp³-hybridized carbons (Fsp3) is 0.0833. The Bertz CT molecular complexity index is 725. The van der Waals surface area contributed by atoms with Crippen LogP contribution in [0.2, 0.25) is 0 Å². The maximum absolute atomic E-state index is 5.69. The molecular weight excluding hydrogens is 246 g/mol. The van der Waals surface area contributed by atoms with Crippen LogP contribution < -0.4 is 15.2 Å². The Balaban J connectivity index is 2.02. The van der Waals surface area contributed by atoms with E-state index in [0.717, 1.165) is 0 Å². The molecule has 0 atom stereocenters. The molecule has 96 valence electrons. The number of nitrogens with two attached hydrogens (primary N) is 1. The molecule has 3 N–H and O–H groups in total. The highest BCUT2D eigenvalue weighted by molar-refractivity contribution is 5.77. The number of methoxy groups -OCH3 is 1. The van der Waals surface area contributed by atoms with E-state index in [1.165, 1.54) is 6.33 Å².